The zero-order valence-corrected chi connectivity index (χ0v) is 12.8. The predicted molar refractivity (Wildman–Crippen MR) is 89.5 cm³/mol. The van der Waals surface area contributed by atoms with Gasteiger partial charge < -0.3 is 0 Å². The second kappa shape index (κ2) is 6.56. The minimum atomic E-state index is 0.492. The van der Waals surface area contributed by atoms with Crippen molar-refractivity contribution >= 4 is 0 Å². The van der Waals surface area contributed by atoms with Crippen LogP contribution < -0.4 is 0 Å². The van der Waals surface area contributed by atoms with E-state index in [9.17, 15) is 0 Å². The molecule has 0 radical (unpaired) electrons. The van der Waals surface area contributed by atoms with Gasteiger partial charge in [0.25, 0.3) is 0 Å². The summed E-state index contributed by atoms with van der Waals surface area (Å²) in [6, 6.07) is 0. The predicted octanol–water partition coefficient (Wildman–Crippen LogP) is 5.84. The van der Waals surface area contributed by atoms with Gasteiger partial charge in [-0.1, -0.05) is 68.5 Å². The summed E-state index contributed by atoms with van der Waals surface area (Å²) in [7, 11) is 0. The third-order valence-electron chi connectivity index (χ3n) is 4.07. The average molecular weight is 264 g/mol. The van der Waals surface area contributed by atoms with Crippen LogP contribution in [0.25, 0.3) is 0 Å². The van der Waals surface area contributed by atoms with Gasteiger partial charge in [-0.2, -0.15) is 0 Å². The summed E-state index contributed by atoms with van der Waals surface area (Å²) in [6.07, 6.45) is 19.6. The van der Waals surface area contributed by atoms with Gasteiger partial charge in [-0.15, -0.1) is 0 Å². The molecule has 0 heteroatoms. The first-order valence-electron chi connectivity index (χ1n) is 7.50. The monoisotopic (exact) mass is 264 g/mol. The van der Waals surface area contributed by atoms with Crippen molar-refractivity contribution in [1.82, 2.24) is 0 Å². The number of rotatable bonds is 4. The second-order valence-electron chi connectivity index (χ2n) is 5.32. The molecule has 0 heterocycles. The lowest BCUT2D eigenvalue weighted by Crippen LogP contribution is -2.05. The Morgan fingerprint density at radius 2 is 2.05 bits per heavy atom. The van der Waals surface area contributed by atoms with Crippen molar-refractivity contribution in [3.63, 3.8) is 0 Å². The highest BCUT2D eigenvalue weighted by atomic mass is 14.3. The van der Waals surface area contributed by atoms with Gasteiger partial charge in [-0.05, 0) is 48.1 Å². The molecule has 0 N–H and O–H groups in total. The van der Waals surface area contributed by atoms with Gasteiger partial charge in [0.15, 0.2) is 0 Å². The van der Waals surface area contributed by atoms with Crippen molar-refractivity contribution in [3.8, 4) is 0 Å². The molecule has 1 atom stereocenters. The molecular weight excluding hydrogens is 240 g/mol. The molecule has 0 bridgehead atoms. The molecule has 20 heavy (non-hydrogen) atoms. The lowest BCUT2D eigenvalue weighted by atomic mass is 9.85. The lowest BCUT2D eigenvalue weighted by molar-refractivity contribution is 0.651. The first-order valence-corrected chi connectivity index (χ1v) is 7.50. The van der Waals surface area contributed by atoms with Gasteiger partial charge in [-0.25, -0.2) is 0 Å². The smallest absolute Gasteiger partial charge is 0.0104 e. The maximum atomic E-state index is 4.04. The Balaban J connectivity index is 2.60. The topological polar surface area (TPSA) is 0 Å². The van der Waals surface area contributed by atoms with Crippen LogP contribution in [0.2, 0.25) is 0 Å². The Morgan fingerprint density at radius 3 is 2.70 bits per heavy atom. The molecule has 2 rings (SSSR count). The van der Waals surface area contributed by atoms with Crippen LogP contribution in [-0.2, 0) is 0 Å². The molecule has 0 aromatic heterocycles. The van der Waals surface area contributed by atoms with Crippen molar-refractivity contribution in [2.24, 2.45) is 5.92 Å². The minimum Gasteiger partial charge on any atom is -0.0988 e. The van der Waals surface area contributed by atoms with Crippen molar-refractivity contribution in [3.05, 3.63) is 83.1 Å². The minimum absolute atomic E-state index is 0.492. The molecule has 0 aromatic carbocycles. The molecule has 0 aromatic rings. The van der Waals surface area contributed by atoms with E-state index in [0.717, 1.165) is 0 Å². The molecule has 104 valence electrons. The van der Waals surface area contributed by atoms with Crippen LogP contribution in [0.5, 0.6) is 0 Å². The fourth-order valence-electron chi connectivity index (χ4n) is 3.21. The van der Waals surface area contributed by atoms with E-state index in [1.54, 1.807) is 0 Å². The quantitative estimate of drug-likeness (QED) is 0.598. The molecular formula is C20H24. The lowest BCUT2D eigenvalue weighted by Gasteiger charge is -2.19. The van der Waals surface area contributed by atoms with E-state index in [1.165, 1.54) is 40.7 Å². The highest BCUT2D eigenvalue weighted by molar-refractivity contribution is 5.65. The van der Waals surface area contributed by atoms with Crippen molar-refractivity contribution in [2.75, 3.05) is 0 Å². The molecule has 0 spiro atoms. The van der Waals surface area contributed by atoms with E-state index in [1.807, 2.05) is 0 Å². The molecule has 0 fully saturated rings. The van der Waals surface area contributed by atoms with E-state index in [-0.39, 0.29) is 0 Å². The summed E-state index contributed by atoms with van der Waals surface area (Å²) in [6.45, 7) is 10.6. The van der Waals surface area contributed by atoms with Crippen LogP contribution in [0.3, 0.4) is 0 Å². The Labute approximate surface area is 123 Å². The molecule has 0 amide bonds. The zero-order valence-electron chi connectivity index (χ0n) is 12.8. The van der Waals surface area contributed by atoms with Crippen LogP contribution in [0.1, 0.15) is 33.6 Å². The summed E-state index contributed by atoms with van der Waals surface area (Å²) in [5, 5.41) is 0. The summed E-state index contributed by atoms with van der Waals surface area (Å²) in [5.41, 5.74) is 6.97. The van der Waals surface area contributed by atoms with Crippen molar-refractivity contribution < 1.29 is 0 Å². The molecule has 2 aliphatic carbocycles. The van der Waals surface area contributed by atoms with Crippen LogP contribution in [0.4, 0.5) is 0 Å². The zero-order chi connectivity index (χ0) is 14.5. The first-order chi connectivity index (χ1) is 9.74. The molecule has 0 saturated carbocycles. The molecule has 1 unspecified atom stereocenters. The van der Waals surface area contributed by atoms with Gasteiger partial charge in [0.1, 0.15) is 0 Å². The van der Waals surface area contributed by atoms with Crippen LogP contribution in [-0.4, -0.2) is 0 Å². The van der Waals surface area contributed by atoms with Crippen molar-refractivity contribution in [1.29, 1.82) is 0 Å². The first kappa shape index (κ1) is 14.6. The maximum Gasteiger partial charge on any atom is 0.0104 e. The standard InChI is InChI=1S/C20H24/c1-5-11-16-13-9-8-10-14-18-15(4)17(7-3)19(12-6-2)20(16)18/h5,7-11,13-14,19H,3,6,12H2,1-2,4H3/b9-8?,10-8?,11-5-,13-9?,14-10?,16-13?,18-14?,20-16?. The fraction of sp³-hybridized carbons (Fsp3) is 0.300. The normalized spacial score (nSPS) is 22.1. The summed E-state index contributed by atoms with van der Waals surface area (Å²) in [4.78, 5) is 0. The Morgan fingerprint density at radius 1 is 1.25 bits per heavy atom. The van der Waals surface area contributed by atoms with E-state index in [2.05, 4.69) is 76.0 Å². The molecule has 2 aliphatic rings. The van der Waals surface area contributed by atoms with Gasteiger partial charge in [-0.3, -0.25) is 0 Å². The largest absolute Gasteiger partial charge is 0.0988 e. The number of allylic oxidation sites excluding steroid dienone is 13. The number of hydrogen-bond donors (Lipinski definition) is 0. The van der Waals surface area contributed by atoms with Crippen LogP contribution in [0.15, 0.2) is 83.1 Å². The Hall–Kier alpha value is -1.82. The van der Waals surface area contributed by atoms with Crippen molar-refractivity contribution in [2.45, 2.75) is 33.6 Å². The van der Waals surface area contributed by atoms with Crippen LogP contribution >= 0.6 is 0 Å². The summed E-state index contributed by atoms with van der Waals surface area (Å²) >= 11 is 0. The molecule has 0 aliphatic heterocycles. The van der Waals surface area contributed by atoms with Crippen LogP contribution in [0, 0.1) is 5.92 Å². The van der Waals surface area contributed by atoms with E-state index in [0.29, 0.717) is 5.92 Å². The number of hydrogen-bond acceptors (Lipinski definition) is 0. The van der Waals surface area contributed by atoms with Gasteiger partial charge in [0.2, 0.25) is 0 Å². The SMILES string of the molecule is C=CC1=C(C)C2=C(C(/C=C\C)=CC=CC=C2)C1CCC. The van der Waals surface area contributed by atoms with Gasteiger partial charge in [0, 0.05) is 5.92 Å². The maximum absolute atomic E-state index is 4.04. The Kier molecular flexibility index (Phi) is 4.79. The summed E-state index contributed by atoms with van der Waals surface area (Å²) < 4.78 is 0. The highest BCUT2D eigenvalue weighted by Gasteiger charge is 2.29. The summed E-state index contributed by atoms with van der Waals surface area (Å²) in [5.74, 6) is 0.492. The van der Waals surface area contributed by atoms with Gasteiger partial charge >= 0.3 is 0 Å². The second-order valence-corrected chi connectivity index (χ2v) is 5.32. The molecule has 0 saturated heterocycles. The average Bonchev–Trinajstić information content (AvgIpc) is 2.66. The van der Waals surface area contributed by atoms with Gasteiger partial charge in [0.05, 0.1) is 0 Å². The highest BCUT2D eigenvalue weighted by Crippen LogP contribution is 2.44. The molecule has 0 nitrogen and oxygen atoms in total. The van der Waals surface area contributed by atoms with E-state index < -0.39 is 0 Å². The Bertz CT molecular complexity index is 571. The van der Waals surface area contributed by atoms with E-state index in [4.69, 9.17) is 0 Å². The van der Waals surface area contributed by atoms with E-state index >= 15 is 0 Å². The third-order valence-corrected chi connectivity index (χ3v) is 4.07. The third kappa shape index (κ3) is 2.56. The fourth-order valence-corrected chi connectivity index (χ4v) is 3.21.